The third-order valence-corrected chi connectivity index (χ3v) is 4.09. The van der Waals surface area contributed by atoms with Crippen molar-refractivity contribution >= 4 is 11.4 Å². The number of hydrogen-bond donors (Lipinski definition) is 1. The molecule has 2 aromatic carbocycles. The zero-order valence-corrected chi connectivity index (χ0v) is 12.0. The van der Waals surface area contributed by atoms with E-state index >= 15 is 0 Å². The van der Waals surface area contributed by atoms with E-state index in [9.17, 15) is 0 Å². The molecule has 104 valence electrons. The van der Waals surface area contributed by atoms with Crippen LogP contribution >= 0.6 is 0 Å². The molecule has 0 aromatic heterocycles. The molecule has 1 atom stereocenters. The fraction of sp³-hybridized carbons (Fsp3) is 0.333. The van der Waals surface area contributed by atoms with Crippen LogP contribution in [0.15, 0.2) is 54.6 Å². The van der Waals surface area contributed by atoms with Crippen molar-refractivity contribution in [3.63, 3.8) is 0 Å². The normalized spacial score (nSPS) is 17.1. The van der Waals surface area contributed by atoms with E-state index in [4.69, 9.17) is 0 Å². The average molecular weight is 266 g/mol. The first-order chi connectivity index (χ1) is 9.86. The maximum Gasteiger partial charge on any atom is 0.0372 e. The molecule has 2 nitrogen and oxygen atoms in total. The van der Waals surface area contributed by atoms with Crippen LogP contribution in [0.25, 0.3) is 0 Å². The summed E-state index contributed by atoms with van der Waals surface area (Å²) in [7, 11) is 0. The molecule has 0 bridgehead atoms. The van der Waals surface area contributed by atoms with Crippen molar-refractivity contribution in [1.82, 2.24) is 0 Å². The number of hydrogen-bond acceptors (Lipinski definition) is 2. The van der Waals surface area contributed by atoms with Gasteiger partial charge in [-0.1, -0.05) is 36.4 Å². The minimum atomic E-state index is 0.671. The number of fused-ring (bicyclic) bond motifs is 1. The summed E-state index contributed by atoms with van der Waals surface area (Å²) in [6, 6.07) is 19.4. The largest absolute Gasteiger partial charge is 0.384 e. The minimum Gasteiger partial charge on any atom is -0.384 e. The van der Waals surface area contributed by atoms with Crippen LogP contribution in [0, 0.1) is 5.92 Å². The van der Waals surface area contributed by atoms with Gasteiger partial charge in [0.1, 0.15) is 0 Å². The fourth-order valence-electron chi connectivity index (χ4n) is 3.00. The zero-order chi connectivity index (χ0) is 13.8. The van der Waals surface area contributed by atoms with Crippen molar-refractivity contribution in [2.24, 2.45) is 5.92 Å². The monoisotopic (exact) mass is 266 g/mol. The first-order valence-electron chi connectivity index (χ1n) is 7.48. The number of para-hydroxylation sites is 2. The van der Waals surface area contributed by atoms with Gasteiger partial charge in [-0.3, -0.25) is 0 Å². The van der Waals surface area contributed by atoms with Gasteiger partial charge in [0.05, 0.1) is 0 Å². The Morgan fingerprint density at radius 3 is 2.60 bits per heavy atom. The summed E-state index contributed by atoms with van der Waals surface area (Å²) in [5.74, 6) is 0.671. The molecule has 1 heterocycles. The molecule has 0 amide bonds. The summed E-state index contributed by atoms with van der Waals surface area (Å²) >= 11 is 0. The molecule has 0 fully saturated rings. The van der Waals surface area contributed by atoms with Gasteiger partial charge in [0.15, 0.2) is 0 Å². The summed E-state index contributed by atoms with van der Waals surface area (Å²) in [6.45, 7) is 5.47. The number of nitrogens with one attached hydrogen (secondary N) is 1. The average Bonchev–Trinajstić information content (AvgIpc) is 2.53. The highest BCUT2D eigenvalue weighted by Gasteiger charge is 2.20. The summed E-state index contributed by atoms with van der Waals surface area (Å²) in [6.07, 6.45) is 1.17. The van der Waals surface area contributed by atoms with Crippen LogP contribution in [0.4, 0.5) is 11.4 Å². The highest BCUT2D eigenvalue weighted by molar-refractivity contribution is 5.53. The Balaban J connectivity index is 1.69. The summed E-state index contributed by atoms with van der Waals surface area (Å²) < 4.78 is 0. The molecular formula is C18H22N2. The van der Waals surface area contributed by atoms with Crippen molar-refractivity contribution < 1.29 is 0 Å². The van der Waals surface area contributed by atoms with E-state index in [0.717, 1.165) is 19.6 Å². The molecule has 0 radical (unpaired) electrons. The minimum absolute atomic E-state index is 0.671. The lowest BCUT2D eigenvalue weighted by Gasteiger charge is -2.32. The SMILES string of the molecule is CCN(CC1CNc2ccccc2C1)c1ccccc1. The lowest BCUT2D eigenvalue weighted by Crippen LogP contribution is -2.35. The van der Waals surface area contributed by atoms with Gasteiger partial charge in [-0.25, -0.2) is 0 Å². The van der Waals surface area contributed by atoms with Gasteiger partial charge >= 0.3 is 0 Å². The maximum atomic E-state index is 3.57. The predicted molar refractivity (Wildman–Crippen MR) is 86.5 cm³/mol. The third kappa shape index (κ3) is 2.79. The van der Waals surface area contributed by atoms with Crippen molar-refractivity contribution in [2.75, 3.05) is 29.9 Å². The first kappa shape index (κ1) is 13.0. The van der Waals surface area contributed by atoms with Crippen LogP contribution < -0.4 is 10.2 Å². The Morgan fingerprint density at radius 2 is 1.80 bits per heavy atom. The Kier molecular flexibility index (Phi) is 3.91. The highest BCUT2D eigenvalue weighted by atomic mass is 15.1. The molecule has 0 spiro atoms. The van der Waals surface area contributed by atoms with Crippen molar-refractivity contribution in [3.05, 3.63) is 60.2 Å². The number of benzene rings is 2. The lowest BCUT2D eigenvalue weighted by molar-refractivity contribution is 0.526. The molecule has 0 aliphatic carbocycles. The van der Waals surface area contributed by atoms with E-state index in [1.807, 2.05) is 0 Å². The molecule has 0 saturated carbocycles. The molecule has 1 aliphatic rings. The molecule has 20 heavy (non-hydrogen) atoms. The Morgan fingerprint density at radius 1 is 1.05 bits per heavy atom. The van der Waals surface area contributed by atoms with E-state index in [2.05, 4.69) is 71.7 Å². The van der Waals surface area contributed by atoms with Crippen LogP contribution in [0.2, 0.25) is 0 Å². The molecule has 1 aliphatic heterocycles. The second-order valence-electron chi connectivity index (χ2n) is 5.48. The molecule has 2 heteroatoms. The van der Waals surface area contributed by atoms with Gasteiger partial charge in [0.25, 0.3) is 0 Å². The van der Waals surface area contributed by atoms with Gasteiger partial charge in [-0.05, 0) is 43.0 Å². The molecule has 0 saturated heterocycles. The van der Waals surface area contributed by atoms with E-state index < -0.39 is 0 Å². The van der Waals surface area contributed by atoms with Crippen molar-refractivity contribution in [1.29, 1.82) is 0 Å². The standard InChI is InChI=1S/C18H22N2/c1-2-20(17-9-4-3-5-10-17)14-15-12-16-8-6-7-11-18(16)19-13-15/h3-11,15,19H,2,12-14H2,1H3. The Hall–Kier alpha value is -1.96. The predicted octanol–water partition coefficient (Wildman–Crippen LogP) is 3.80. The zero-order valence-electron chi connectivity index (χ0n) is 12.0. The van der Waals surface area contributed by atoms with Crippen LogP contribution in [-0.2, 0) is 6.42 Å². The van der Waals surface area contributed by atoms with Gasteiger partial charge in [-0.15, -0.1) is 0 Å². The number of rotatable bonds is 4. The van der Waals surface area contributed by atoms with E-state index in [0.29, 0.717) is 5.92 Å². The second kappa shape index (κ2) is 6.00. The van der Waals surface area contributed by atoms with E-state index in [1.54, 1.807) is 0 Å². The van der Waals surface area contributed by atoms with Crippen molar-refractivity contribution in [3.8, 4) is 0 Å². The van der Waals surface area contributed by atoms with Crippen LogP contribution in [0.1, 0.15) is 12.5 Å². The summed E-state index contributed by atoms with van der Waals surface area (Å²) in [4.78, 5) is 2.47. The van der Waals surface area contributed by atoms with Crippen LogP contribution in [0.5, 0.6) is 0 Å². The van der Waals surface area contributed by atoms with Gasteiger partial charge in [-0.2, -0.15) is 0 Å². The molecule has 2 aromatic rings. The second-order valence-corrected chi connectivity index (χ2v) is 5.48. The van der Waals surface area contributed by atoms with Crippen molar-refractivity contribution in [2.45, 2.75) is 13.3 Å². The Bertz CT molecular complexity index is 550. The molecule has 3 rings (SSSR count). The quantitative estimate of drug-likeness (QED) is 0.905. The topological polar surface area (TPSA) is 15.3 Å². The smallest absolute Gasteiger partial charge is 0.0372 e. The third-order valence-electron chi connectivity index (χ3n) is 4.09. The Labute approximate surface area is 121 Å². The van der Waals surface area contributed by atoms with Gasteiger partial charge < -0.3 is 10.2 Å². The van der Waals surface area contributed by atoms with E-state index in [1.165, 1.54) is 23.4 Å². The van der Waals surface area contributed by atoms with Crippen LogP contribution in [-0.4, -0.2) is 19.6 Å². The molecule has 1 N–H and O–H groups in total. The summed E-state index contributed by atoms with van der Waals surface area (Å²) in [5, 5.41) is 3.57. The van der Waals surface area contributed by atoms with Gasteiger partial charge in [0, 0.05) is 31.0 Å². The highest BCUT2D eigenvalue weighted by Crippen LogP contribution is 2.25. The van der Waals surface area contributed by atoms with E-state index in [-0.39, 0.29) is 0 Å². The number of nitrogens with zero attached hydrogens (tertiary/aromatic N) is 1. The molecule has 1 unspecified atom stereocenters. The fourth-order valence-corrected chi connectivity index (χ4v) is 3.00. The maximum absolute atomic E-state index is 3.57. The summed E-state index contributed by atoms with van der Waals surface area (Å²) in [5.41, 5.74) is 4.09. The molecular weight excluding hydrogens is 244 g/mol. The van der Waals surface area contributed by atoms with Gasteiger partial charge in [0.2, 0.25) is 0 Å². The number of anilines is 2. The lowest BCUT2D eigenvalue weighted by atomic mass is 9.93. The first-order valence-corrected chi connectivity index (χ1v) is 7.48. The van der Waals surface area contributed by atoms with Crippen LogP contribution in [0.3, 0.4) is 0 Å².